The van der Waals surface area contributed by atoms with Gasteiger partial charge in [-0.15, -0.1) is 19.0 Å². The second-order valence-corrected chi connectivity index (χ2v) is 3.28. The van der Waals surface area contributed by atoms with E-state index >= 15 is 0 Å². The van der Waals surface area contributed by atoms with Gasteiger partial charge in [-0.25, -0.2) is 0 Å². The Morgan fingerprint density at radius 2 is 2.38 bits per heavy atom. The van der Waals surface area contributed by atoms with Gasteiger partial charge in [-0.05, 0) is 12.5 Å². The monoisotopic (exact) mass is 204 g/mol. The lowest BCUT2D eigenvalue weighted by Crippen LogP contribution is -2.34. The second-order valence-electron chi connectivity index (χ2n) is 3.28. The van der Waals surface area contributed by atoms with E-state index in [4.69, 9.17) is 0 Å². The minimum Gasteiger partial charge on any atom is -0.352 e. The van der Waals surface area contributed by atoms with Crippen molar-refractivity contribution in [3.8, 4) is 0 Å². The van der Waals surface area contributed by atoms with Gasteiger partial charge in [0, 0.05) is 13.1 Å². The molecule has 13 heavy (non-hydrogen) atoms. The highest BCUT2D eigenvalue weighted by Crippen LogP contribution is 2.15. The molecule has 0 unspecified atom stereocenters. The fourth-order valence-corrected chi connectivity index (χ4v) is 1.46. The number of halogens is 1. The van der Waals surface area contributed by atoms with E-state index in [2.05, 4.69) is 24.1 Å². The van der Waals surface area contributed by atoms with Crippen LogP contribution in [0.1, 0.15) is 6.92 Å². The standard InChI is InChI=1S/C9H16N2O.ClH/c1-3-4-11-9(12)8-6-10-5-7(8)2;/h3,7-8,10H,1,4-6H2,2H3,(H,11,12);1H/t7-,8-;/m1./s1. The summed E-state index contributed by atoms with van der Waals surface area (Å²) in [6, 6.07) is 0. The number of hydrogen-bond donors (Lipinski definition) is 2. The quantitative estimate of drug-likeness (QED) is 0.660. The first-order valence-corrected chi connectivity index (χ1v) is 4.35. The molecule has 0 aromatic carbocycles. The Morgan fingerprint density at radius 1 is 1.69 bits per heavy atom. The van der Waals surface area contributed by atoms with Crippen molar-refractivity contribution >= 4 is 18.3 Å². The third kappa shape index (κ3) is 3.36. The van der Waals surface area contributed by atoms with E-state index in [1.54, 1.807) is 6.08 Å². The molecule has 0 spiro atoms. The van der Waals surface area contributed by atoms with Crippen molar-refractivity contribution in [3.63, 3.8) is 0 Å². The smallest absolute Gasteiger partial charge is 0.224 e. The number of nitrogens with one attached hydrogen (secondary N) is 2. The molecule has 0 aromatic rings. The minimum absolute atomic E-state index is 0. The molecule has 1 fully saturated rings. The molecule has 0 radical (unpaired) electrons. The summed E-state index contributed by atoms with van der Waals surface area (Å²) in [5, 5.41) is 6.00. The highest BCUT2D eigenvalue weighted by molar-refractivity contribution is 5.85. The average molecular weight is 205 g/mol. The minimum atomic E-state index is 0. The first-order chi connectivity index (χ1) is 5.75. The maximum atomic E-state index is 11.4. The van der Waals surface area contributed by atoms with E-state index in [-0.39, 0.29) is 24.2 Å². The largest absolute Gasteiger partial charge is 0.352 e. The van der Waals surface area contributed by atoms with Gasteiger partial charge in [0.2, 0.25) is 5.91 Å². The Hall–Kier alpha value is -0.540. The lowest BCUT2D eigenvalue weighted by atomic mass is 9.97. The molecule has 2 atom stereocenters. The van der Waals surface area contributed by atoms with Gasteiger partial charge in [0.15, 0.2) is 0 Å². The Kier molecular flexibility index (Phi) is 5.75. The van der Waals surface area contributed by atoms with Crippen molar-refractivity contribution in [2.75, 3.05) is 19.6 Å². The summed E-state index contributed by atoms with van der Waals surface area (Å²) < 4.78 is 0. The molecule has 1 amide bonds. The molecule has 0 saturated carbocycles. The van der Waals surface area contributed by atoms with Crippen molar-refractivity contribution in [2.24, 2.45) is 11.8 Å². The molecule has 1 aliphatic rings. The van der Waals surface area contributed by atoms with Crippen LogP contribution in [-0.4, -0.2) is 25.5 Å². The van der Waals surface area contributed by atoms with Gasteiger partial charge in [0.05, 0.1) is 5.92 Å². The first kappa shape index (κ1) is 12.5. The predicted octanol–water partition coefficient (Wildman–Crippen LogP) is 0.566. The van der Waals surface area contributed by atoms with E-state index in [1.807, 2.05) is 0 Å². The van der Waals surface area contributed by atoms with Gasteiger partial charge in [0.1, 0.15) is 0 Å². The van der Waals surface area contributed by atoms with Crippen LogP contribution in [0.5, 0.6) is 0 Å². The van der Waals surface area contributed by atoms with E-state index in [1.165, 1.54) is 0 Å². The SMILES string of the molecule is C=CCNC(=O)[C@@H]1CNC[C@H]1C.Cl. The second kappa shape index (κ2) is 6.00. The molecule has 0 aliphatic carbocycles. The topological polar surface area (TPSA) is 41.1 Å². The van der Waals surface area contributed by atoms with Gasteiger partial charge < -0.3 is 10.6 Å². The fraction of sp³-hybridized carbons (Fsp3) is 0.667. The summed E-state index contributed by atoms with van der Waals surface area (Å²) in [6.07, 6.45) is 1.70. The Bertz CT molecular complexity index is 184. The Morgan fingerprint density at radius 3 is 2.85 bits per heavy atom. The van der Waals surface area contributed by atoms with Gasteiger partial charge in [-0.2, -0.15) is 0 Å². The summed E-state index contributed by atoms with van der Waals surface area (Å²) in [5.74, 6) is 0.743. The molecule has 1 saturated heterocycles. The third-order valence-electron chi connectivity index (χ3n) is 2.27. The van der Waals surface area contributed by atoms with Crippen molar-refractivity contribution < 1.29 is 4.79 Å². The van der Waals surface area contributed by atoms with Crippen LogP contribution < -0.4 is 10.6 Å². The van der Waals surface area contributed by atoms with Crippen LogP contribution >= 0.6 is 12.4 Å². The molecule has 3 nitrogen and oxygen atoms in total. The van der Waals surface area contributed by atoms with E-state index in [0.29, 0.717) is 12.5 Å². The van der Waals surface area contributed by atoms with Gasteiger partial charge in [-0.1, -0.05) is 13.0 Å². The van der Waals surface area contributed by atoms with E-state index < -0.39 is 0 Å². The highest BCUT2D eigenvalue weighted by Gasteiger charge is 2.28. The zero-order chi connectivity index (χ0) is 8.97. The van der Waals surface area contributed by atoms with E-state index in [9.17, 15) is 4.79 Å². The van der Waals surface area contributed by atoms with Crippen molar-refractivity contribution in [1.82, 2.24) is 10.6 Å². The molecule has 76 valence electrons. The van der Waals surface area contributed by atoms with Gasteiger partial charge >= 0.3 is 0 Å². The summed E-state index contributed by atoms with van der Waals surface area (Å²) in [4.78, 5) is 11.4. The van der Waals surface area contributed by atoms with Crippen molar-refractivity contribution in [1.29, 1.82) is 0 Å². The zero-order valence-electron chi connectivity index (χ0n) is 7.88. The maximum absolute atomic E-state index is 11.4. The zero-order valence-corrected chi connectivity index (χ0v) is 8.69. The van der Waals surface area contributed by atoms with Crippen molar-refractivity contribution in [3.05, 3.63) is 12.7 Å². The van der Waals surface area contributed by atoms with Gasteiger partial charge in [0.25, 0.3) is 0 Å². The lowest BCUT2D eigenvalue weighted by molar-refractivity contribution is -0.125. The fourth-order valence-electron chi connectivity index (χ4n) is 1.46. The molecule has 1 rings (SSSR count). The number of carbonyl (C=O) groups is 1. The molecule has 4 heteroatoms. The van der Waals surface area contributed by atoms with Crippen LogP contribution in [-0.2, 0) is 4.79 Å². The van der Waals surface area contributed by atoms with Crippen LogP contribution in [0.3, 0.4) is 0 Å². The van der Waals surface area contributed by atoms with Gasteiger partial charge in [-0.3, -0.25) is 4.79 Å². The Balaban J connectivity index is 0.00000144. The summed E-state index contributed by atoms with van der Waals surface area (Å²) in [6.45, 7) is 7.98. The summed E-state index contributed by atoms with van der Waals surface area (Å²) in [7, 11) is 0. The van der Waals surface area contributed by atoms with Crippen LogP contribution in [0.2, 0.25) is 0 Å². The number of amides is 1. The molecular formula is C9H17ClN2O. The van der Waals surface area contributed by atoms with E-state index in [0.717, 1.165) is 13.1 Å². The number of rotatable bonds is 3. The molecule has 1 heterocycles. The molecule has 0 aromatic heterocycles. The average Bonchev–Trinajstić information content (AvgIpc) is 2.47. The predicted molar refractivity (Wildman–Crippen MR) is 56.0 cm³/mol. The van der Waals surface area contributed by atoms with Crippen molar-refractivity contribution in [2.45, 2.75) is 6.92 Å². The Labute approximate surface area is 85.4 Å². The van der Waals surface area contributed by atoms with Crippen LogP contribution in [0, 0.1) is 11.8 Å². The molecule has 2 N–H and O–H groups in total. The van der Waals surface area contributed by atoms with Crippen LogP contribution in [0.25, 0.3) is 0 Å². The maximum Gasteiger partial charge on any atom is 0.224 e. The van der Waals surface area contributed by atoms with Crippen LogP contribution in [0.15, 0.2) is 12.7 Å². The summed E-state index contributed by atoms with van der Waals surface area (Å²) in [5.41, 5.74) is 0. The number of carbonyl (C=O) groups excluding carboxylic acids is 1. The lowest BCUT2D eigenvalue weighted by Gasteiger charge is -2.12. The number of hydrogen-bond acceptors (Lipinski definition) is 2. The molecular weight excluding hydrogens is 188 g/mol. The molecule has 1 aliphatic heterocycles. The molecule has 0 bridgehead atoms. The van der Waals surface area contributed by atoms with Crippen LogP contribution in [0.4, 0.5) is 0 Å². The third-order valence-corrected chi connectivity index (χ3v) is 2.27. The normalized spacial score (nSPS) is 26.2. The first-order valence-electron chi connectivity index (χ1n) is 4.35. The highest BCUT2D eigenvalue weighted by atomic mass is 35.5. The summed E-state index contributed by atoms with van der Waals surface area (Å²) >= 11 is 0.